The van der Waals surface area contributed by atoms with Crippen LogP contribution in [0, 0.1) is 11.2 Å². The first-order valence-electron chi connectivity index (χ1n) is 9.71. The molecule has 2 aliphatic heterocycles. The number of benzene rings is 1. The van der Waals surface area contributed by atoms with Crippen molar-refractivity contribution in [1.82, 2.24) is 19.2 Å². The van der Waals surface area contributed by atoms with Gasteiger partial charge in [-0.2, -0.15) is 5.10 Å². The number of likely N-dealkylation sites (tertiary alicyclic amines) is 1. The van der Waals surface area contributed by atoms with Gasteiger partial charge in [-0.05, 0) is 42.8 Å². The molecule has 0 saturated carbocycles. The topological polar surface area (TPSA) is 73.3 Å². The monoisotopic (exact) mass is 396 g/mol. The number of furan rings is 1. The zero-order valence-corrected chi connectivity index (χ0v) is 15.9. The summed E-state index contributed by atoms with van der Waals surface area (Å²) >= 11 is 0. The van der Waals surface area contributed by atoms with E-state index < -0.39 is 11.1 Å². The summed E-state index contributed by atoms with van der Waals surface area (Å²) in [5, 5.41) is 4.49. The molecule has 7 nitrogen and oxygen atoms in total. The van der Waals surface area contributed by atoms with Crippen molar-refractivity contribution < 1.29 is 8.81 Å². The number of rotatable bonds is 4. The summed E-state index contributed by atoms with van der Waals surface area (Å²) in [7, 11) is 0. The van der Waals surface area contributed by atoms with Gasteiger partial charge in [-0.15, -0.1) is 0 Å². The molecule has 3 aromatic rings. The summed E-state index contributed by atoms with van der Waals surface area (Å²) in [6, 6.07) is 9.70. The number of nitrogens with zero attached hydrogens (tertiary/aromatic N) is 4. The summed E-state index contributed by atoms with van der Waals surface area (Å²) < 4.78 is 21.3. The molecule has 2 aromatic heterocycles. The van der Waals surface area contributed by atoms with Gasteiger partial charge in [0.25, 0.3) is 0 Å². The maximum absolute atomic E-state index is 13.1. The minimum absolute atomic E-state index is 0.0761. The van der Waals surface area contributed by atoms with Gasteiger partial charge in [-0.1, -0.05) is 12.1 Å². The third kappa shape index (κ3) is 3.33. The van der Waals surface area contributed by atoms with Gasteiger partial charge in [0.2, 0.25) is 0 Å². The van der Waals surface area contributed by atoms with Gasteiger partial charge in [0, 0.05) is 24.9 Å². The van der Waals surface area contributed by atoms with Crippen LogP contribution >= 0.6 is 0 Å². The van der Waals surface area contributed by atoms with Crippen LogP contribution in [0.3, 0.4) is 0 Å². The predicted octanol–water partition coefficient (Wildman–Crippen LogP) is 1.63. The largest absolute Gasteiger partial charge is 0.468 e. The van der Waals surface area contributed by atoms with Gasteiger partial charge in [0.05, 0.1) is 19.4 Å². The highest BCUT2D eigenvalue weighted by molar-refractivity contribution is 5.16. The fourth-order valence-corrected chi connectivity index (χ4v) is 4.53. The first-order valence-corrected chi connectivity index (χ1v) is 9.71. The first kappa shape index (κ1) is 18.1. The first-order chi connectivity index (χ1) is 14.0. The van der Waals surface area contributed by atoms with E-state index >= 15 is 0 Å². The molecule has 5 rings (SSSR count). The van der Waals surface area contributed by atoms with Crippen molar-refractivity contribution in [2.24, 2.45) is 5.41 Å². The third-order valence-corrected chi connectivity index (χ3v) is 5.96. The van der Waals surface area contributed by atoms with Crippen LogP contribution in [0.1, 0.15) is 23.6 Å². The second-order valence-electron chi connectivity index (χ2n) is 8.11. The van der Waals surface area contributed by atoms with E-state index in [0.29, 0.717) is 18.8 Å². The van der Waals surface area contributed by atoms with Crippen LogP contribution in [-0.4, -0.2) is 32.3 Å². The minimum atomic E-state index is -0.638. The van der Waals surface area contributed by atoms with Crippen LogP contribution in [0.2, 0.25) is 0 Å². The highest BCUT2D eigenvalue weighted by Crippen LogP contribution is 2.39. The van der Waals surface area contributed by atoms with Gasteiger partial charge in [0.1, 0.15) is 17.4 Å². The molecule has 0 radical (unpaired) electrons. The third-order valence-electron chi connectivity index (χ3n) is 5.96. The van der Waals surface area contributed by atoms with E-state index in [1.54, 1.807) is 23.0 Å². The summed E-state index contributed by atoms with van der Waals surface area (Å²) in [6.07, 6.45) is 3.29. The molecular formula is C21H21FN4O3. The van der Waals surface area contributed by atoms with Crippen LogP contribution in [0.15, 0.2) is 56.7 Å². The average Bonchev–Trinajstić information content (AvgIpc) is 3.43. The number of halogens is 1. The predicted molar refractivity (Wildman–Crippen MR) is 103 cm³/mol. The lowest BCUT2D eigenvalue weighted by Crippen LogP contribution is -2.43. The number of aromatic nitrogens is 3. The van der Waals surface area contributed by atoms with Crippen LogP contribution in [-0.2, 0) is 26.1 Å². The molecule has 1 spiro atoms. The van der Waals surface area contributed by atoms with E-state index in [4.69, 9.17) is 4.42 Å². The summed E-state index contributed by atoms with van der Waals surface area (Å²) in [5.41, 5.74) is -0.518. The molecule has 1 fully saturated rings. The lowest BCUT2D eigenvalue weighted by atomic mass is 9.86. The summed E-state index contributed by atoms with van der Waals surface area (Å²) in [5.74, 6) is 1.23. The van der Waals surface area contributed by atoms with Gasteiger partial charge in [-0.3, -0.25) is 19.1 Å². The Morgan fingerprint density at radius 3 is 2.66 bits per heavy atom. The molecule has 8 heteroatoms. The van der Waals surface area contributed by atoms with Crippen LogP contribution in [0.25, 0.3) is 0 Å². The average molecular weight is 396 g/mol. The molecule has 0 bridgehead atoms. The minimum Gasteiger partial charge on any atom is -0.468 e. The maximum Gasteiger partial charge on any atom is 0.332 e. The Morgan fingerprint density at radius 2 is 1.90 bits per heavy atom. The van der Waals surface area contributed by atoms with Crippen LogP contribution in [0.4, 0.5) is 4.39 Å². The SMILES string of the molecule is O=c1c(=O)n2c(nn1Cc1ccc(F)cc1)CC1(CCN(Cc3ccco3)C1)C2. The molecule has 0 amide bonds. The Hall–Kier alpha value is -3.00. The lowest BCUT2D eigenvalue weighted by molar-refractivity contribution is 0.234. The second kappa shape index (κ2) is 6.81. The zero-order valence-electron chi connectivity index (χ0n) is 15.9. The zero-order chi connectivity index (χ0) is 20.0. The van der Waals surface area contributed by atoms with Crippen molar-refractivity contribution >= 4 is 0 Å². The molecule has 0 aliphatic carbocycles. The van der Waals surface area contributed by atoms with E-state index in [2.05, 4.69) is 10.00 Å². The second-order valence-corrected chi connectivity index (χ2v) is 8.11. The number of hydrogen-bond acceptors (Lipinski definition) is 5. The molecule has 150 valence electrons. The molecule has 1 atom stereocenters. The van der Waals surface area contributed by atoms with Gasteiger partial charge >= 0.3 is 11.1 Å². The van der Waals surface area contributed by atoms with E-state index in [0.717, 1.165) is 37.4 Å². The molecule has 1 saturated heterocycles. The lowest BCUT2D eigenvalue weighted by Gasteiger charge is -2.22. The smallest absolute Gasteiger partial charge is 0.332 e. The van der Waals surface area contributed by atoms with Crippen molar-refractivity contribution in [3.05, 3.63) is 86.3 Å². The molecule has 1 unspecified atom stereocenters. The number of hydrogen-bond donors (Lipinski definition) is 0. The highest BCUT2D eigenvalue weighted by atomic mass is 19.1. The Labute approximate surface area is 166 Å². The quantitative estimate of drug-likeness (QED) is 0.627. The van der Waals surface area contributed by atoms with Crippen molar-refractivity contribution in [3.8, 4) is 0 Å². The molecule has 0 N–H and O–H groups in total. The van der Waals surface area contributed by atoms with Gasteiger partial charge in [0.15, 0.2) is 0 Å². The van der Waals surface area contributed by atoms with Gasteiger partial charge < -0.3 is 4.42 Å². The maximum atomic E-state index is 13.1. The fraction of sp³-hybridized carbons (Fsp3) is 0.381. The van der Waals surface area contributed by atoms with E-state index in [-0.39, 0.29) is 17.8 Å². The van der Waals surface area contributed by atoms with E-state index in [1.165, 1.54) is 16.8 Å². The van der Waals surface area contributed by atoms with Crippen molar-refractivity contribution in [2.45, 2.75) is 32.5 Å². The van der Waals surface area contributed by atoms with Crippen molar-refractivity contribution in [2.75, 3.05) is 13.1 Å². The fourth-order valence-electron chi connectivity index (χ4n) is 4.53. The molecular weight excluding hydrogens is 375 g/mol. The highest BCUT2D eigenvalue weighted by Gasteiger charge is 2.44. The van der Waals surface area contributed by atoms with Crippen molar-refractivity contribution in [3.63, 3.8) is 0 Å². The van der Waals surface area contributed by atoms with E-state index in [9.17, 15) is 14.0 Å². The van der Waals surface area contributed by atoms with E-state index in [1.807, 2.05) is 12.1 Å². The summed E-state index contributed by atoms with van der Waals surface area (Å²) in [6.45, 7) is 3.17. The van der Waals surface area contributed by atoms with Crippen LogP contribution < -0.4 is 11.1 Å². The molecule has 29 heavy (non-hydrogen) atoms. The summed E-state index contributed by atoms with van der Waals surface area (Å²) in [4.78, 5) is 27.6. The Balaban J connectivity index is 1.38. The van der Waals surface area contributed by atoms with Crippen LogP contribution in [0.5, 0.6) is 0 Å². The normalized spacial score (nSPS) is 21.1. The molecule has 4 heterocycles. The Kier molecular flexibility index (Phi) is 4.24. The Morgan fingerprint density at radius 1 is 1.07 bits per heavy atom. The van der Waals surface area contributed by atoms with Gasteiger partial charge in [-0.25, -0.2) is 9.07 Å². The molecule has 1 aromatic carbocycles. The number of fused-ring (bicyclic) bond motifs is 1. The standard InChI is InChI=1S/C21H21FN4O3/c22-16-5-3-15(4-6-16)11-26-20(28)19(27)25-14-21(10-18(25)23-26)7-8-24(13-21)12-17-2-1-9-29-17/h1-6,9H,7-8,10-14H2. The molecule has 2 aliphatic rings. The van der Waals surface area contributed by atoms with Crippen molar-refractivity contribution in [1.29, 1.82) is 0 Å². The Bertz CT molecular complexity index is 1150.